The maximum absolute atomic E-state index is 13.9. The Balaban J connectivity index is 1.94. The Bertz CT molecular complexity index is 1360. The lowest BCUT2D eigenvalue weighted by Crippen LogP contribution is -2.60. The van der Waals surface area contributed by atoms with Crippen LogP contribution < -0.4 is 16.0 Å². The predicted octanol–water partition coefficient (Wildman–Crippen LogP) is 4.60. The van der Waals surface area contributed by atoms with E-state index in [9.17, 15) is 29.5 Å². The number of carboxylic acid groups (broad SMARTS) is 1. The Morgan fingerprint density at radius 3 is 2.23 bits per heavy atom. The van der Waals surface area contributed by atoms with E-state index in [4.69, 9.17) is 0 Å². The van der Waals surface area contributed by atoms with Crippen LogP contribution in [-0.4, -0.2) is 69.0 Å². The Morgan fingerprint density at radius 1 is 1.02 bits per heavy atom. The molecule has 11 heteroatoms. The quantitative estimate of drug-likeness (QED) is 0.236. The fourth-order valence-corrected chi connectivity index (χ4v) is 6.00. The van der Waals surface area contributed by atoms with Gasteiger partial charge in [0.25, 0.3) is 0 Å². The molecule has 11 nitrogen and oxygen atoms in total. The van der Waals surface area contributed by atoms with Gasteiger partial charge in [0.1, 0.15) is 29.9 Å². The number of rotatable bonds is 12. The summed E-state index contributed by atoms with van der Waals surface area (Å²) in [6.07, 6.45) is 4.63. The van der Waals surface area contributed by atoms with Gasteiger partial charge in [0.05, 0.1) is 0 Å². The second-order valence-corrected chi connectivity index (χ2v) is 13.2. The molecule has 0 bridgehead atoms. The number of H-pyrrole nitrogens is 1. The van der Waals surface area contributed by atoms with Gasteiger partial charge in [-0.2, -0.15) is 5.26 Å². The van der Waals surface area contributed by atoms with Gasteiger partial charge < -0.3 is 30.9 Å². The van der Waals surface area contributed by atoms with E-state index in [0.29, 0.717) is 23.9 Å². The fraction of sp³-hybridized carbons (Fsp3) is 0.606. The molecule has 5 atom stereocenters. The number of nitrogens with zero attached hydrogens (tertiary/aromatic N) is 2. The molecule has 240 valence electrons. The van der Waals surface area contributed by atoms with E-state index in [2.05, 4.69) is 27.0 Å². The molecule has 1 fully saturated rings. The fourth-order valence-electron chi connectivity index (χ4n) is 6.00. The summed E-state index contributed by atoms with van der Waals surface area (Å²) in [4.78, 5) is 58.0. The number of para-hydroxylation sites is 1. The highest BCUT2D eigenvalue weighted by Gasteiger charge is 2.35. The van der Waals surface area contributed by atoms with Crippen molar-refractivity contribution in [2.24, 2.45) is 5.41 Å². The minimum atomic E-state index is -1.20. The highest BCUT2D eigenvalue weighted by Crippen LogP contribution is 2.26. The molecule has 0 unspecified atom stereocenters. The van der Waals surface area contributed by atoms with Crippen LogP contribution in [0.1, 0.15) is 97.7 Å². The number of likely N-dealkylation sites (tertiary alicyclic amines) is 1. The van der Waals surface area contributed by atoms with Gasteiger partial charge in [-0.1, -0.05) is 58.7 Å². The van der Waals surface area contributed by atoms with Crippen LogP contribution in [0.3, 0.4) is 0 Å². The summed E-state index contributed by atoms with van der Waals surface area (Å²) in [6, 6.07) is 5.85. The molecule has 1 aromatic carbocycles. The number of aromatic nitrogens is 1. The van der Waals surface area contributed by atoms with Crippen molar-refractivity contribution in [2.45, 2.75) is 123 Å². The summed E-state index contributed by atoms with van der Waals surface area (Å²) in [5, 5.41) is 28.7. The molecular weight excluding hydrogens is 560 g/mol. The monoisotopic (exact) mass is 608 g/mol. The van der Waals surface area contributed by atoms with Crippen LogP contribution in [0.4, 0.5) is 4.79 Å². The number of unbranched alkanes of at least 4 members (excludes halogenated alkanes) is 1. The second-order valence-electron chi connectivity index (χ2n) is 13.2. The molecule has 2 heterocycles. The smallest absolute Gasteiger partial charge is 0.326 e. The zero-order valence-electron chi connectivity index (χ0n) is 26.8. The Morgan fingerprint density at radius 2 is 1.64 bits per heavy atom. The first-order chi connectivity index (χ1) is 20.7. The molecular formula is C33H48N6O5. The number of carboxylic acids is 1. The van der Waals surface area contributed by atoms with Crippen molar-refractivity contribution < 1.29 is 24.3 Å². The van der Waals surface area contributed by atoms with Gasteiger partial charge in [0.2, 0.25) is 11.8 Å². The van der Waals surface area contributed by atoms with Crippen LogP contribution in [0.25, 0.3) is 10.9 Å². The van der Waals surface area contributed by atoms with Crippen LogP contribution in [0, 0.1) is 16.7 Å². The van der Waals surface area contributed by atoms with Crippen LogP contribution in [0.2, 0.25) is 0 Å². The number of amides is 4. The summed E-state index contributed by atoms with van der Waals surface area (Å²) < 4.78 is 0. The molecule has 1 saturated heterocycles. The topological polar surface area (TPSA) is 167 Å². The van der Waals surface area contributed by atoms with Gasteiger partial charge in [-0.15, -0.1) is 0 Å². The zero-order valence-corrected chi connectivity index (χ0v) is 26.8. The number of piperidine rings is 1. The first-order valence-electron chi connectivity index (χ1n) is 15.7. The van der Waals surface area contributed by atoms with Gasteiger partial charge in [-0.3, -0.25) is 9.59 Å². The largest absolute Gasteiger partial charge is 0.480 e. The van der Waals surface area contributed by atoms with Crippen LogP contribution >= 0.6 is 0 Å². The van der Waals surface area contributed by atoms with Crippen molar-refractivity contribution in [1.29, 1.82) is 5.26 Å². The standard InChI is InChI=1S/C33H48N6O5/c1-7-8-15-25(31(42)43)36-29(40)26(17-23-22-14-9-10-16-24(22)35-28(23)19-34)37-30(41)27(18-33(4,5)6)38-32(44)39-20(2)12-11-13-21(39)3/h9-10,14,16,20-21,25-27,35H,7-8,11-13,15,17-18H2,1-6H3,(H,36,40)(H,37,41)(H,38,44)(H,42,43)/t20-,21+,25-,26-,27+/m1/s1. The third-order valence-electron chi connectivity index (χ3n) is 8.29. The molecule has 0 radical (unpaired) electrons. The molecule has 0 aliphatic carbocycles. The predicted molar refractivity (Wildman–Crippen MR) is 169 cm³/mol. The average molecular weight is 609 g/mol. The molecule has 1 aliphatic rings. The van der Waals surface area contributed by atoms with Crippen molar-refractivity contribution in [3.05, 3.63) is 35.5 Å². The maximum Gasteiger partial charge on any atom is 0.326 e. The summed E-state index contributed by atoms with van der Waals surface area (Å²) in [5.74, 6) is -2.39. The zero-order chi connectivity index (χ0) is 32.6. The SMILES string of the molecule is CCCC[C@@H](NC(=O)[C@@H](Cc1c(C#N)[nH]c2ccccc12)NC(=O)[C@H](CC(C)(C)C)NC(=O)N1[C@H](C)CCC[C@@H]1C)C(=O)O. The Kier molecular flexibility index (Phi) is 11.8. The number of urea groups is 1. The number of fused-ring (bicyclic) bond motifs is 1. The normalized spacial score (nSPS) is 19.0. The summed E-state index contributed by atoms with van der Waals surface area (Å²) in [7, 11) is 0. The highest BCUT2D eigenvalue weighted by molar-refractivity contribution is 5.94. The number of aromatic amines is 1. The first-order valence-corrected chi connectivity index (χ1v) is 15.7. The molecule has 1 aliphatic heterocycles. The summed E-state index contributed by atoms with van der Waals surface area (Å²) >= 11 is 0. The van der Waals surface area contributed by atoms with Gasteiger partial charge in [-0.05, 0) is 63.0 Å². The van der Waals surface area contributed by atoms with Gasteiger partial charge in [0, 0.05) is 29.4 Å². The summed E-state index contributed by atoms with van der Waals surface area (Å²) in [6.45, 7) is 11.8. The van der Waals surface area contributed by atoms with E-state index in [1.807, 2.05) is 65.8 Å². The van der Waals surface area contributed by atoms with E-state index in [1.54, 1.807) is 4.90 Å². The van der Waals surface area contributed by atoms with E-state index in [0.717, 1.165) is 31.1 Å². The number of aliphatic carboxylic acids is 1. The number of benzene rings is 1. The molecule has 5 N–H and O–H groups in total. The number of hydrogen-bond donors (Lipinski definition) is 5. The van der Waals surface area contributed by atoms with Crippen molar-refractivity contribution in [1.82, 2.24) is 25.8 Å². The lowest BCUT2D eigenvalue weighted by atomic mass is 9.87. The highest BCUT2D eigenvalue weighted by atomic mass is 16.4. The lowest BCUT2D eigenvalue weighted by molar-refractivity contribution is -0.142. The third kappa shape index (κ3) is 8.97. The number of carbonyl (C=O) groups is 4. The van der Waals surface area contributed by atoms with Crippen molar-refractivity contribution in [2.75, 3.05) is 0 Å². The molecule has 4 amide bonds. The second kappa shape index (κ2) is 15.1. The van der Waals surface area contributed by atoms with E-state index >= 15 is 0 Å². The van der Waals surface area contributed by atoms with Crippen LogP contribution in [0.5, 0.6) is 0 Å². The van der Waals surface area contributed by atoms with E-state index < -0.39 is 35.9 Å². The molecule has 0 spiro atoms. The van der Waals surface area contributed by atoms with Crippen LogP contribution in [-0.2, 0) is 20.8 Å². The lowest BCUT2D eigenvalue weighted by Gasteiger charge is -2.40. The van der Waals surface area contributed by atoms with E-state index in [1.165, 1.54) is 0 Å². The molecule has 44 heavy (non-hydrogen) atoms. The van der Waals surface area contributed by atoms with Gasteiger partial charge in [-0.25, -0.2) is 9.59 Å². The average Bonchev–Trinajstić information content (AvgIpc) is 3.30. The van der Waals surface area contributed by atoms with Crippen LogP contribution in [0.15, 0.2) is 24.3 Å². The number of nitriles is 1. The Labute approximate surface area is 260 Å². The molecule has 1 aromatic heterocycles. The minimum Gasteiger partial charge on any atom is -0.480 e. The van der Waals surface area contributed by atoms with Crippen molar-refractivity contribution >= 4 is 34.7 Å². The van der Waals surface area contributed by atoms with Gasteiger partial charge in [0.15, 0.2) is 0 Å². The van der Waals surface area contributed by atoms with E-state index in [-0.39, 0.29) is 42.1 Å². The minimum absolute atomic E-state index is 0.0259. The molecule has 2 aromatic rings. The maximum atomic E-state index is 13.9. The van der Waals surface area contributed by atoms with Crippen molar-refractivity contribution in [3.63, 3.8) is 0 Å². The third-order valence-corrected chi connectivity index (χ3v) is 8.29. The number of hydrogen-bond acceptors (Lipinski definition) is 5. The number of carbonyl (C=O) groups excluding carboxylic acids is 3. The van der Waals surface area contributed by atoms with Gasteiger partial charge >= 0.3 is 12.0 Å². The van der Waals surface area contributed by atoms with Crippen molar-refractivity contribution in [3.8, 4) is 6.07 Å². The first kappa shape index (κ1) is 34.4. The number of nitrogens with one attached hydrogen (secondary N) is 4. The molecule has 3 rings (SSSR count). The Hall–Kier alpha value is -4.07. The summed E-state index contributed by atoms with van der Waals surface area (Å²) in [5.41, 5.74) is 1.16. The molecule has 0 saturated carbocycles.